The third kappa shape index (κ3) is 3.02. The van der Waals surface area contributed by atoms with Crippen LogP contribution in [0.3, 0.4) is 0 Å². The highest BCUT2D eigenvalue weighted by atomic mass is 79.9. The molecule has 0 amide bonds. The van der Waals surface area contributed by atoms with Crippen LogP contribution in [-0.4, -0.2) is 5.71 Å². The van der Waals surface area contributed by atoms with E-state index in [2.05, 4.69) is 42.4 Å². The first kappa shape index (κ1) is 13.6. The Hall–Kier alpha value is -1.44. The van der Waals surface area contributed by atoms with Crippen molar-refractivity contribution >= 4 is 43.3 Å². The molecule has 0 radical (unpaired) electrons. The molecule has 0 heterocycles. The quantitative estimate of drug-likeness (QED) is 0.499. The van der Waals surface area contributed by atoms with Gasteiger partial charge in [0.25, 0.3) is 0 Å². The van der Waals surface area contributed by atoms with Gasteiger partial charge in [-0.3, -0.25) is 5.43 Å². The molecule has 1 rings (SSSR count). The number of halogens is 3. The first-order chi connectivity index (χ1) is 8.01. The zero-order valence-corrected chi connectivity index (χ0v) is 11.7. The first-order valence-corrected chi connectivity index (χ1v) is 5.87. The van der Waals surface area contributed by atoms with Crippen molar-refractivity contribution in [3.05, 3.63) is 26.4 Å². The van der Waals surface area contributed by atoms with Crippen LogP contribution in [0, 0.1) is 35.4 Å². The minimum Gasteiger partial charge on any atom is -0.275 e. The summed E-state index contributed by atoms with van der Waals surface area (Å²) >= 11 is 6.14. The molecule has 1 aromatic rings. The number of nitrogens with one attached hydrogen (secondary N) is 1. The van der Waals surface area contributed by atoms with E-state index in [-0.39, 0.29) is 10.2 Å². The number of hydrazone groups is 1. The summed E-state index contributed by atoms with van der Waals surface area (Å²) < 4.78 is 14.0. The number of nitrogens with zero attached hydrogens (tertiary/aromatic N) is 3. The normalized spacial score (nSPS) is 9.06. The predicted molar refractivity (Wildman–Crippen MR) is 68.8 cm³/mol. The Balaban J connectivity index is 3.18. The van der Waals surface area contributed by atoms with Crippen LogP contribution >= 0.6 is 31.9 Å². The average Bonchev–Trinajstić information content (AvgIpc) is 2.31. The summed E-state index contributed by atoms with van der Waals surface area (Å²) in [6.45, 7) is 1.74. The average molecular weight is 360 g/mol. The molecule has 1 N–H and O–H groups in total. The van der Waals surface area contributed by atoms with Crippen LogP contribution in [0.2, 0.25) is 0 Å². The van der Waals surface area contributed by atoms with E-state index in [1.165, 1.54) is 0 Å². The van der Waals surface area contributed by atoms with Crippen molar-refractivity contribution in [3.8, 4) is 12.1 Å². The largest absolute Gasteiger partial charge is 0.275 e. The third-order valence-corrected chi connectivity index (χ3v) is 3.17. The molecule has 0 fully saturated rings. The van der Waals surface area contributed by atoms with Crippen molar-refractivity contribution in [2.75, 3.05) is 5.43 Å². The Morgan fingerprint density at radius 1 is 1.41 bits per heavy atom. The van der Waals surface area contributed by atoms with Gasteiger partial charge in [0, 0.05) is 0 Å². The van der Waals surface area contributed by atoms with Crippen molar-refractivity contribution in [1.82, 2.24) is 0 Å². The number of benzene rings is 1. The fourth-order valence-electron chi connectivity index (χ4n) is 1.04. The van der Waals surface area contributed by atoms with Crippen LogP contribution in [0.25, 0.3) is 0 Å². The maximum absolute atomic E-state index is 13.5. The Bertz CT molecular complexity index is 553. The molecule has 4 nitrogen and oxygen atoms in total. The summed E-state index contributed by atoms with van der Waals surface area (Å²) in [5, 5.41) is 20.6. The van der Waals surface area contributed by atoms with Gasteiger partial charge >= 0.3 is 0 Å². The molecule has 17 heavy (non-hydrogen) atoms. The molecule has 1 aromatic carbocycles. The second-order valence-electron chi connectivity index (χ2n) is 2.97. The van der Waals surface area contributed by atoms with E-state index in [1.54, 1.807) is 25.1 Å². The molecule has 0 aliphatic heterocycles. The lowest BCUT2D eigenvalue weighted by molar-refractivity contribution is 0.614. The van der Waals surface area contributed by atoms with Gasteiger partial charge in [-0.25, -0.2) is 4.39 Å². The summed E-state index contributed by atoms with van der Waals surface area (Å²) in [5.74, 6) is -0.483. The standard InChI is InChI=1S/C10H5Br2FN4/c1-5-2-7(11)9(13)8(12)10(5)17-16-6(3-14)4-15/h2,17H,1H3. The van der Waals surface area contributed by atoms with Crippen LogP contribution in [0.4, 0.5) is 10.1 Å². The van der Waals surface area contributed by atoms with Gasteiger partial charge in [0.2, 0.25) is 5.71 Å². The molecular weight excluding hydrogens is 355 g/mol. The van der Waals surface area contributed by atoms with Crippen LogP contribution < -0.4 is 5.43 Å². The number of rotatable bonds is 2. The molecular formula is C10H5Br2FN4. The lowest BCUT2D eigenvalue weighted by Crippen LogP contribution is -2.00. The molecule has 0 aliphatic rings. The zero-order chi connectivity index (χ0) is 13.0. The number of nitriles is 2. The van der Waals surface area contributed by atoms with Crippen LogP contribution in [-0.2, 0) is 0 Å². The Kier molecular flexibility index (Phi) is 4.62. The molecule has 0 saturated heterocycles. The molecule has 86 valence electrons. The van der Waals surface area contributed by atoms with Gasteiger partial charge < -0.3 is 0 Å². The molecule has 0 bridgehead atoms. The van der Waals surface area contributed by atoms with Gasteiger partial charge in [-0.1, -0.05) is 0 Å². The monoisotopic (exact) mass is 358 g/mol. The zero-order valence-electron chi connectivity index (χ0n) is 8.55. The Labute approximate surface area is 114 Å². The highest BCUT2D eigenvalue weighted by Gasteiger charge is 2.12. The first-order valence-electron chi connectivity index (χ1n) is 4.29. The summed E-state index contributed by atoms with van der Waals surface area (Å²) in [6, 6.07) is 4.76. The molecule has 0 atom stereocenters. The maximum atomic E-state index is 13.5. The van der Waals surface area contributed by atoms with Gasteiger partial charge in [-0.15, -0.1) is 0 Å². The SMILES string of the molecule is Cc1cc(Br)c(F)c(Br)c1NN=C(C#N)C#N. The van der Waals surface area contributed by atoms with Gasteiger partial charge in [-0.2, -0.15) is 15.6 Å². The molecule has 0 unspecified atom stereocenters. The van der Waals surface area contributed by atoms with Crippen molar-refractivity contribution in [3.63, 3.8) is 0 Å². The number of hydrogen-bond donors (Lipinski definition) is 1. The smallest absolute Gasteiger partial charge is 0.237 e. The van der Waals surface area contributed by atoms with Crippen molar-refractivity contribution in [2.45, 2.75) is 6.92 Å². The lowest BCUT2D eigenvalue weighted by Gasteiger charge is -2.09. The molecule has 0 aromatic heterocycles. The van der Waals surface area contributed by atoms with Crippen LogP contribution in [0.1, 0.15) is 5.56 Å². The molecule has 0 saturated carbocycles. The van der Waals surface area contributed by atoms with E-state index >= 15 is 0 Å². The fourth-order valence-corrected chi connectivity index (χ4v) is 2.46. The van der Waals surface area contributed by atoms with Gasteiger partial charge in [0.15, 0.2) is 5.82 Å². The van der Waals surface area contributed by atoms with E-state index in [1.807, 2.05) is 0 Å². The second kappa shape index (κ2) is 5.76. The molecule has 0 spiro atoms. The second-order valence-corrected chi connectivity index (χ2v) is 4.62. The summed E-state index contributed by atoms with van der Waals surface area (Å²) in [4.78, 5) is 0. The number of hydrogen-bond acceptors (Lipinski definition) is 4. The van der Waals surface area contributed by atoms with Gasteiger partial charge in [0.05, 0.1) is 14.6 Å². The third-order valence-electron chi connectivity index (χ3n) is 1.85. The summed E-state index contributed by atoms with van der Waals surface area (Å²) in [5.41, 5.74) is 3.23. The van der Waals surface area contributed by atoms with Gasteiger partial charge in [-0.05, 0) is 50.4 Å². The van der Waals surface area contributed by atoms with E-state index in [0.29, 0.717) is 15.7 Å². The summed E-state index contributed by atoms with van der Waals surface area (Å²) in [6.07, 6.45) is 0. The fraction of sp³-hybridized carbons (Fsp3) is 0.100. The van der Waals surface area contributed by atoms with Crippen molar-refractivity contribution in [2.24, 2.45) is 5.10 Å². The topological polar surface area (TPSA) is 72.0 Å². The van der Waals surface area contributed by atoms with Gasteiger partial charge in [0.1, 0.15) is 12.1 Å². The van der Waals surface area contributed by atoms with Crippen molar-refractivity contribution in [1.29, 1.82) is 10.5 Å². The summed E-state index contributed by atoms with van der Waals surface area (Å²) in [7, 11) is 0. The maximum Gasteiger partial charge on any atom is 0.237 e. The van der Waals surface area contributed by atoms with Crippen LogP contribution in [0.5, 0.6) is 0 Å². The van der Waals surface area contributed by atoms with E-state index in [0.717, 1.165) is 0 Å². The lowest BCUT2D eigenvalue weighted by atomic mass is 10.2. The minimum atomic E-state index is -0.483. The minimum absolute atomic E-state index is 0.184. The van der Waals surface area contributed by atoms with E-state index in [4.69, 9.17) is 10.5 Å². The highest BCUT2D eigenvalue weighted by molar-refractivity contribution is 9.11. The van der Waals surface area contributed by atoms with Crippen molar-refractivity contribution < 1.29 is 4.39 Å². The van der Waals surface area contributed by atoms with E-state index < -0.39 is 5.82 Å². The Morgan fingerprint density at radius 3 is 2.53 bits per heavy atom. The Morgan fingerprint density at radius 2 is 2.00 bits per heavy atom. The number of aryl methyl sites for hydroxylation is 1. The predicted octanol–water partition coefficient (Wildman–Crippen LogP) is 3.47. The van der Waals surface area contributed by atoms with Crippen LogP contribution in [0.15, 0.2) is 20.1 Å². The highest BCUT2D eigenvalue weighted by Crippen LogP contribution is 2.33. The molecule has 0 aliphatic carbocycles. The molecule has 7 heteroatoms. The van der Waals surface area contributed by atoms with E-state index in [9.17, 15) is 4.39 Å². The number of anilines is 1.